The molecular formula is C10H10ClN5. The van der Waals surface area contributed by atoms with E-state index in [0.717, 1.165) is 5.56 Å². The Balaban J connectivity index is 2.30. The highest BCUT2D eigenvalue weighted by atomic mass is 35.5. The van der Waals surface area contributed by atoms with Crippen molar-refractivity contribution < 1.29 is 0 Å². The van der Waals surface area contributed by atoms with Crippen molar-refractivity contribution >= 4 is 29.1 Å². The smallest absolute Gasteiger partial charge is 0.224 e. The van der Waals surface area contributed by atoms with E-state index >= 15 is 0 Å². The van der Waals surface area contributed by atoms with E-state index in [0.29, 0.717) is 17.5 Å². The van der Waals surface area contributed by atoms with Gasteiger partial charge in [0, 0.05) is 11.8 Å². The van der Waals surface area contributed by atoms with Crippen LogP contribution in [0.3, 0.4) is 0 Å². The van der Waals surface area contributed by atoms with Crippen molar-refractivity contribution in [3.63, 3.8) is 0 Å². The van der Waals surface area contributed by atoms with Crippen LogP contribution in [0.15, 0.2) is 24.4 Å². The van der Waals surface area contributed by atoms with Gasteiger partial charge in [0.2, 0.25) is 5.28 Å². The van der Waals surface area contributed by atoms with Gasteiger partial charge in [0.05, 0.1) is 0 Å². The Bertz CT molecular complexity index is 514. The van der Waals surface area contributed by atoms with E-state index in [2.05, 4.69) is 20.3 Å². The molecule has 0 bridgehead atoms. The largest absolute Gasteiger partial charge is 0.384 e. The highest BCUT2D eigenvalue weighted by Gasteiger charge is 2.03. The first-order valence-corrected chi connectivity index (χ1v) is 5.01. The maximum atomic E-state index is 5.71. The highest BCUT2D eigenvalue weighted by Crippen LogP contribution is 2.17. The lowest BCUT2D eigenvalue weighted by Gasteiger charge is -2.07. The number of hydrogen-bond donors (Lipinski definition) is 2. The van der Waals surface area contributed by atoms with Crippen LogP contribution in [0.2, 0.25) is 5.28 Å². The van der Waals surface area contributed by atoms with Gasteiger partial charge in [-0.3, -0.25) is 0 Å². The van der Waals surface area contributed by atoms with Crippen LogP contribution in [-0.4, -0.2) is 15.0 Å². The van der Waals surface area contributed by atoms with Gasteiger partial charge in [-0.1, -0.05) is 6.07 Å². The number of anilines is 3. The minimum absolute atomic E-state index is 0.192. The van der Waals surface area contributed by atoms with Gasteiger partial charge in [0.1, 0.15) is 17.5 Å². The fourth-order valence-electron chi connectivity index (χ4n) is 1.19. The molecule has 6 heteroatoms. The van der Waals surface area contributed by atoms with E-state index in [9.17, 15) is 0 Å². The molecule has 5 nitrogen and oxygen atoms in total. The van der Waals surface area contributed by atoms with E-state index in [1.165, 1.54) is 0 Å². The molecule has 0 amide bonds. The van der Waals surface area contributed by atoms with Crippen LogP contribution < -0.4 is 11.1 Å². The molecule has 0 atom stereocenters. The highest BCUT2D eigenvalue weighted by molar-refractivity contribution is 6.28. The summed E-state index contributed by atoms with van der Waals surface area (Å²) in [7, 11) is 0. The molecule has 0 aliphatic rings. The van der Waals surface area contributed by atoms with Crippen molar-refractivity contribution in [2.75, 3.05) is 11.1 Å². The topological polar surface area (TPSA) is 76.7 Å². The Morgan fingerprint density at radius 1 is 1.31 bits per heavy atom. The molecule has 0 spiro atoms. The Labute approximate surface area is 97.7 Å². The van der Waals surface area contributed by atoms with Crippen LogP contribution in [0.1, 0.15) is 5.56 Å². The standard InChI is InChI=1S/C10H10ClN5/c1-6-5-13-10(11)16-9(6)15-8-4-2-3-7(12)14-8/h2-5H,1H3,(H3,12,13,14,15,16). The lowest BCUT2D eigenvalue weighted by Crippen LogP contribution is -2.01. The van der Waals surface area contributed by atoms with E-state index < -0.39 is 0 Å². The Kier molecular flexibility index (Phi) is 2.87. The summed E-state index contributed by atoms with van der Waals surface area (Å²) in [6, 6.07) is 5.32. The number of nitrogens with two attached hydrogens (primary N) is 1. The first-order valence-electron chi connectivity index (χ1n) is 4.64. The molecule has 0 aliphatic heterocycles. The summed E-state index contributed by atoms with van der Waals surface area (Å²) in [5.41, 5.74) is 6.45. The second kappa shape index (κ2) is 4.32. The number of aryl methyl sites for hydroxylation is 1. The van der Waals surface area contributed by atoms with Gasteiger partial charge in [-0.2, -0.15) is 0 Å². The molecule has 0 aliphatic carbocycles. The molecule has 2 heterocycles. The summed E-state index contributed by atoms with van der Waals surface area (Å²) in [5, 5.41) is 3.22. The van der Waals surface area contributed by atoms with Crippen molar-refractivity contribution in [1.29, 1.82) is 0 Å². The van der Waals surface area contributed by atoms with Crippen molar-refractivity contribution in [3.8, 4) is 0 Å². The van der Waals surface area contributed by atoms with E-state index in [-0.39, 0.29) is 5.28 Å². The van der Waals surface area contributed by atoms with Crippen LogP contribution in [0.25, 0.3) is 0 Å². The van der Waals surface area contributed by atoms with Gasteiger partial charge in [-0.15, -0.1) is 0 Å². The average molecular weight is 236 g/mol. The summed E-state index contributed by atoms with van der Waals surface area (Å²) < 4.78 is 0. The molecule has 0 aromatic carbocycles. The monoisotopic (exact) mass is 235 g/mol. The number of pyridine rings is 1. The summed E-state index contributed by atoms with van der Waals surface area (Å²) >= 11 is 5.71. The lowest BCUT2D eigenvalue weighted by atomic mass is 10.3. The zero-order valence-corrected chi connectivity index (χ0v) is 9.36. The predicted molar refractivity (Wildman–Crippen MR) is 63.7 cm³/mol. The number of nitrogens with zero attached hydrogens (tertiary/aromatic N) is 3. The molecular weight excluding hydrogens is 226 g/mol. The number of rotatable bonds is 2. The van der Waals surface area contributed by atoms with E-state index in [1.54, 1.807) is 18.3 Å². The van der Waals surface area contributed by atoms with E-state index in [1.807, 2.05) is 13.0 Å². The SMILES string of the molecule is Cc1cnc(Cl)nc1Nc1cccc(N)n1. The number of halogens is 1. The van der Waals surface area contributed by atoms with Gasteiger partial charge in [0.25, 0.3) is 0 Å². The average Bonchev–Trinajstić information content (AvgIpc) is 2.24. The van der Waals surface area contributed by atoms with Gasteiger partial charge in [-0.25, -0.2) is 15.0 Å². The van der Waals surface area contributed by atoms with Gasteiger partial charge in [0.15, 0.2) is 0 Å². The third-order valence-corrected chi connectivity index (χ3v) is 2.14. The summed E-state index contributed by atoms with van der Waals surface area (Å²) in [5.74, 6) is 1.69. The molecule has 0 saturated heterocycles. The molecule has 82 valence electrons. The number of nitrogen functional groups attached to an aromatic ring is 1. The van der Waals surface area contributed by atoms with E-state index in [4.69, 9.17) is 17.3 Å². The van der Waals surface area contributed by atoms with Crippen LogP contribution in [0.5, 0.6) is 0 Å². The van der Waals surface area contributed by atoms with Crippen LogP contribution in [-0.2, 0) is 0 Å². The molecule has 2 aromatic heterocycles. The normalized spacial score (nSPS) is 10.1. The Morgan fingerprint density at radius 3 is 2.88 bits per heavy atom. The number of hydrogen-bond acceptors (Lipinski definition) is 5. The Morgan fingerprint density at radius 2 is 2.12 bits per heavy atom. The molecule has 2 rings (SSSR count). The third kappa shape index (κ3) is 2.38. The fraction of sp³-hybridized carbons (Fsp3) is 0.100. The molecule has 0 unspecified atom stereocenters. The zero-order valence-electron chi connectivity index (χ0n) is 8.61. The Hall–Kier alpha value is -1.88. The molecule has 0 radical (unpaired) electrons. The van der Waals surface area contributed by atoms with Crippen LogP contribution >= 0.6 is 11.6 Å². The second-order valence-corrected chi connectivity index (χ2v) is 3.58. The molecule has 16 heavy (non-hydrogen) atoms. The number of nitrogens with one attached hydrogen (secondary N) is 1. The summed E-state index contributed by atoms with van der Waals surface area (Å²) in [6.45, 7) is 1.88. The van der Waals surface area contributed by atoms with Gasteiger partial charge in [-0.05, 0) is 30.7 Å². The summed E-state index contributed by atoms with van der Waals surface area (Å²) in [6.07, 6.45) is 1.64. The third-order valence-electron chi connectivity index (χ3n) is 1.96. The molecule has 2 aromatic rings. The molecule has 0 saturated carbocycles. The minimum atomic E-state index is 0.192. The first kappa shape index (κ1) is 10.6. The maximum Gasteiger partial charge on any atom is 0.224 e. The molecule has 0 fully saturated rings. The maximum absolute atomic E-state index is 5.71. The number of aromatic nitrogens is 3. The second-order valence-electron chi connectivity index (χ2n) is 3.24. The lowest BCUT2D eigenvalue weighted by molar-refractivity contribution is 1.12. The fourth-order valence-corrected chi connectivity index (χ4v) is 1.32. The van der Waals surface area contributed by atoms with Crippen molar-refractivity contribution in [2.24, 2.45) is 0 Å². The van der Waals surface area contributed by atoms with Crippen molar-refractivity contribution in [1.82, 2.24) is 15.0 Å². The van der Waals surface area contributed by atoms with Crippen LogP contribution in [0, 0.1) is 6.92 Å². The van der Waals surface area contributed by atoms with Crippen LogP contribution in [0.4, 0.5) is 17.5 Å². The first-order chi connectivity index (χ1) is 7.65. The quantitative estimate of drug-likeness (QED) is 0.780. The predicted octanol–water partition coefficient (Wildman–Crippen LogP) is 2.16. The summed E-state index contributed by atoms with van der Waals surface area (Å²) in [4.78, 5) is 12.0. The van der Waals surface area contributed by atoms with Crippen molar-refractivity contribution in [2.45, 2.75) is 6.92 Å². The van der Waals surface area contributed by atoms with Crippen molar-refractivity contribution in [3.05, 3.63) is 35.2 Å². The van der Waals surface area contributed by atoms with Gasteiger partial charge >= 0.3 is 0 Å². The minimum Gasteiger partial charge on any atom is -0.384 e. The molecule has 3 N–H and O–H groups in total. The van der Waals surface area contributed by atoms with Gasteiger partial charge < -0.3 is 11.1 Å². The zero-order chi connectivity index (χ0) is 11.5.